The van der Waals surface area contributed by atoms with Crippen molar-refractivity contribution in [2.75, 3.05) is 27.7 Å². The van der Waals surface area contributed by atoms with Gasteiger partial charge in [0.15, 0.2) is 5.01 Å². The van der Waals surface area contributed by atoms with Gasteiger partial charge in [-0.1, -0.05) is 23.7 Å². The summed E-state index contributed by atoms with van der Waals surface area (Å²) in [5.74, 6) is -0.445. The lowest BCUT2D eigenvalue weighted by Crippen LogP contribution is -2.56. The Morgan fingerprint density at radius 2 is 1.89 bits per heavy atom. The van der Waals surface area contributed by atoms with Crippen LogP contribution in [0.5, 0.6) is 0 Å². The molecule has 0 saturated heterocycles. The molecule has 1 fully saturated rings. The van der Waals surface area contributed by atoms with Gasteiger partial charge in [-0.15, -0.1) is 11.3 Å². The monoisotopic (exact) mass is 531 g/mol. The largest absolute Gasteiger partial charge is 0.351 e. The Balaban J connectivity index is 1.42. The van der Waals surface area contributed by atoms with Crippen LogP contribution in [0.2, 0.25) is 5.02 Å². The number of carbonyl (C=O) groups is 3. The van der Waals surface area contributed by atoms with Crippen LogP contribution >= 0.6 is 22.9 Å². The number of nitrogens with one attached hydrogen (secondary N) is 2. The maximum absolute atomic E-state index is 13.2. The molecular weight excluding hydrogens is 498 g/mol. The van der Waals surface area contributed by atoms with Gasteiger partial charge in [-0.25, -0.2) is 4.98 Å². The van der Waals surface area contributed by atoms with Gasteiger partial charge >= 0.3 is 0 Å². The van der Waals surface area contributed by atoms with E-state index in [1.807, 2.05) is 24.3 Å². The van der Waals surface area contributed by atoms with Crippen molar-refractivity contribution in [3.63, 3.8) is 0 Å². The molecule has 1 aromatic carbocycles. The summed E-state index contributed by atoms with van der Waals surface area (Å²) in [6, 6.07) is 6.89. The lowest BCUT2D eigenvalue weighted by molar-refractivity contribution is -0.134. The number of fused-ring (bicyclic) bond motifs is 1. The van der Waals surface area contributed by atoms with Gasteiger partial charge in [-0.05, 0) is 50.4 Å². The molecule has 36 heavy (non-hydrogen) atoms. The first-order valence-corrected chi connectivity index (χ1v) is 13.6. The summed E-state index contributed by atoms with van der Waals surface area (Å²) in [5, 5.41) is 7.35. The fourth-order valence-electron chi connectivity index (χ4n) is 4.93. The minimum atomic E-state index is -0.344. The number of halogens is 1. The fourth-order valence-corrected chi connectivity index (χ4v) is 6.15. The fraction of sp³-hybridized carbons (Fsp3) is 0.538. The molecule has 2 aromatic rings. The maximum atomic E-state index is 13.2. The maximum Gasteiger partial charge on any atom is 0.280 e. The van der Waals surface area contributed by atoms with Crippen molar-refractivity contribution in [2.24, 2.45) is 5.92 Å². The van der Waals surface area contributed by atoms with Crippen molar-refractivity contribution in [1.82, 2.24) is 25.4 Å². The average molecular weight is 532 g/mol. The summed E-state index contributed by atoms with van der Waals surface area (Å²) in [6.07, 6.45) is 3.56. The van der Waals surface area contributed by atoms with Gasteiger partial charge in [0, 0.05) is 61.9 Å². The van der Waals surface area contributed by atoms with E-state index in [0.29, 0.717) is 42.1 Å². The number of benzene rings is 1. The summed E-state index contributed by atoms with van der Waals surface area (Å²) in [4.78, 5) is 48.2. The molecular formula is C26H34ClN5O3S. The number of amides is 3. The molecule has 1 aliphatic carbocycles. The standard InChI is InChI=1S/C26H34ClN5O3S/c1-31(2)26(35)17-7-10-19(28-23(33)11-6-16-4-8-18(27)9-5-16)21(14-17)29-24(34)25-30-20-12-13-32(3)15-22(20)36-25/h4-5,8-9,17,19,21H,6-7,10-15H2,1-3H3,(H,28,33)(H,29,34)/t17-,19-,21+/m0/s1. The average Bonchev–Trinajstić information content (AvgIpc) is 3.27. The summed E-state index contributed by atoms with van der Waals surface area (Å²) in [7, 11) is 5.56. The topological polar surface area (TPSA) is 94.6 Å². The second-order valence-corrected chi connectivity index (χ2v) is 11.5. The van der Waals surface area contributed by atoms with Crippen molar-refractivity contribution in [3.8, 4) is 0 Å². The zero-order valence-electron chi connectivity index (χ0n) is 21.1. The lowest BCUT2D eigenvalue weighted by atomic mass is 9.81. The van der Waals surface area contributed by atoms with Gasteiger partial charge in [-0.2, -0.15) is 0 Å². The van der Waals surface area contributed by atoms with Crippen LogP contribution in [0.1, 0.15) is 51.6 Å². The number of nitrogens with zero attached hydrogens (tertiary/aromatic N) is 3. The number of carbonyl (C=O) groups excluding carboxylic acids is 3. The highest BCUT2D eigenvalue weighted by Gasteiger charge is 2.36. The lowest BCUT2D eigenvalue weighted by Gasteiger charge is -2.37. The number of thiazole rings is 1. The Bertz CT molecular complexity index is 1100. The molecule has 2 heterocycles. The van der Waals surface area contributed by atoms with Crippen molar-refractivity contribution in [2.45, 2.75) is 57.2 Å². The quantitative estimate of drug-likeness (QED) is 0.573. The Morgan fingerprint density at radius 3 is 2.61 bits per heavy atom. The van der Waals surface area contributed by atoms with Crippen LogP contribution in [0.15, 0.2) is 24.3 Å². The smallest absolute Gasteiger partial charge is 0.280 e. The highest BCUT2D eigenvalue weighted by Crippen LogP contribution is 2.28. The zero-order chi connectivity index (χ0) is 25.8. The molecule has 0 bridgehead atoms. The molecule has 4 rings (SSSR count). The molecule has 2 aliphatic rings. The second-order valence-electron chi connectivity index (χ2n) is 10.00. The minimum Gasteiger partial charge on any atom is -0.351 e. The highest BCUT2D eigenvalue weighted by atomic mass is 35.5. The molecule has 1 aliphatic heterocycles. The van der Waals surface area contributed by atoms with E-state index in [1.54, 1.807) is 19.0 Å². The third kappa shape index (κ3) is 6.63. The summed E-state index contributed by atoms with van der Waals surface area (Å²) < 4.78 is 0. The van der Waals surface area contributed by atoms with E-state index in [2.05, 4.69) is 27.6 Å². The van der Waals surface area contributed by atoms with Crippen LogP contribution < -0.4 is 10.6 Å². The van der Waals surface area contributed by atoms with Crippen molar-refractivity contribution < 1.29 is 14.4 Å². The Morgan fingerprint density at radius 1 is 1.14 bits per heavy atom. The van der Waals surface area contributed by atoms with Crippen molar-refractivity contribution >= 4 is 40.7 Å². The first-order chi connectivity index (χ1) is 17.2. The highest BCUT2D eigenvalue weighted by molar-refractivity contribution is 7.13. The summed E-state index contributed by atoms with van der Waals surface area (Å²) in [5.41, 5.74) is 2.04. The third-order valence-electron chi connectivity index (χ3n) is 6.97. The molecule has 0 radical (unpaired) electrons. The first-order valence-electron chi connectivity index (χ1n) is 12.4. The predicted octanol–water partition coefficient (Wildman–Crippen LogP) is 2.89. The number of aryl methyl sites for hydroxylation is 1. The van der Waals surface area contributed by atoms with Crippen LogP contribution in [0.3, 0.4) is 0 Å². The van der Waals surface area contributed by atoms with Gasteiger partial charge in [-0.3, -0.25) is 14.4 Å². The van der Waals surface area contributed by atoms with E-state index in [-0.39, 0.29) is 35.7 Å². The zero-order valence-corrected chi connectivity index (χ0v) is 22.6. The third-order valence-corrected chi connectivity index (χ3v) is 8.31. The number of likely N-dealkylation sites (N-methyl/N-ethyl adjacent to an activating group) is 1. The molecule has 1 aromatic heterocycles. The molecule has 2 N–H and O–H groups in total. The normalized spacial score (nSPS) is 21.9. The predicted molar refractivity (Wildman–Crippen MR) is 141 cm³/mol. The molecule has 0 unspecified atom stereocenters. The van der Waals surface area contributed by atoms with E-state index >= 15 is 0 Å². The van der Waals surface area contributed by atoms with Crippen LogP contribution in [-0.4, -0.2) is 72.3 Å². The molecule has 10 heteroatoms. The van der Waals surface area contributed by atoms with E-state index in [1.165, 1.54) is 11.3 Å². The Labute approximate surface area is 221 Å². The molecule has 3 amide bonds. The SMILES string of the molecule is CN1CCc2nc(C(=O)N[C@@H]3C[C@@H](C(=O)N(C)C)CC[C@@H]3NC(=O)CCc3ccc(Cl)cc3)sc2C1. The number of hydrogen-bond donors (Lipinski definition) is 2. The number of hydrogen-bond acceptors (Lipinski definition) is 6. The van der Waals surface area contributed by atoms with Gasteiger partial charge in [0.2, 0.25) is 11.8 Å². The van der Waals surface area contributed by atoms with Crippen LogP contribution in [-0.2, 0) is 29.0 Å². The number of rotatable bonds is 7. The Kier molecular flexibility index (Phi) is 8.64. The molecule has 3 atom stereocenters. The van der Waals surface area contributed by atoms with Crippen LogP contribution in [0, 0.1) is 5.92 Å². The first kappa shape index (κ1) is 26.6. The van der Waals surface area contributed by atoms with Gasteiger partial charge < -0.3 is 20.4 Å². The van der Waals surface area contributed by atoms with Crippen LogP contribution in [0.25, 0.3) is 0 Å². The van der Waals surface area contributed by atoms with Gasteiger partial charge in [0.05, 0.1) is 11.7 Å². The minimum absolute atomic E-state index is 0.0505. The van der Waals surface area contributed by atoms with E-state index in [9.17, 15) is 14.4 Å². The molecule has 0 spiro atoms. The van der Waals surface area contributed by atoms with Crippen molar-refractivity contribution in [3.05, 3.63) is 50.4 Å². The van der Waals surface area contributed by atoms with Crippen LogP contribution in [0.4, 0.5) is 0 Å². The van der Waals surface area contributed by atoms with Gasteiger partial charge in [0.1, 0.15) is 0 Å². The van der Waals surface area contributed by atoms with E-state index in [0.717, 1.165) is 35.6 Å². The van der Waals surface area contributed by atoms with E-state index in [4.69, 9.17) is 11.6 Å². The summed E-state index contributed by atoms with van der Waals surface area (Å²) >= 11 is 7.38. The second kappa shape index (κ2) is 11.7. The number of aromatic nitrogens is 1. The van der Waals surface area contributed by atoms with E-state index < -0.39 is 0 Å². The van der Waals surface area contributed by atoms with Crippen molar-refractivity contribution in [1.29, 1.82) is 0 Å². The van der Waals surface area contributed by atoms with Gasteiger partial charge in [0.25, 0.3) is 5.91 Å². The Hall–Kier alpha value is -2.49. The molecule has 8 nitrogen and oxygen atoms in total. The molecule has 1 saturated carbocycles. The summed E-state index contributed by atoms with van der Waals surface area (Å²) in [6.45, 7) is 1.73. The molecule has 194 valence electrons.